The number of carbonyl (C=O) groups excluding carboxylic acids is 1. The summed E-state index contributed by atoms with van der Waals surface area (Å²) in [7, 11) is -2.96. The highest BCUT2D eigenvalue weighted by Crippen LogP contribution is 1.87. The number of hydrogen-bond donors (Lipinski definition) is 0. The summed E-state index contributed by atoms with van der Waals surface area (Å²) >= 11 is 0. The summed E-state index contributed by atoms with van der Waals surface area (Å²) in [5.74, 6) is 0.0418. The molecule has 0 aliphatic heterocycles. The van der Waals surface area contributed by atoms with Crippen LogP contribution in [0.4, 0.5) is 0 Å². The van der Waals surface area contributed by atoms with Crippen LogP contribution in [0.25, 0.3) is 0 Å². The van der Waals surface area contributed by atoms with Crippen molar-refractivity contribution in [3.8, 4) is 0 Å². The van der Waals surface area contributed by atoms with Gasteiger partial charge in [-0.1, -0.05) is 6.92 Å². The van der Waals surface area contributed by atoms with Crippen LogP contribution in [0.15, 0.2) is 4.99 Å². The molecule has 0 radical (unpaired) electrons. The minimum absolute atomic E-state index is 0.0275. The zero-order valence-electron chi connectivity index (χ0n) is 5.70. The van der Waals surface area contributed by atoms with Gasteiger partial charge in [-0.05, 0) is 0 Å². The third-order valence-electron chi connectivity index (χ3n) is 1.02. The summed E-state index contributed by atoms with van der Waals surface area (Å²) in [6.07, 6.45) is 1.27. The molecule has 0 saturated carbocycles. The summed E-state index contributed by atoms with van der Waals surface area (Å²) < 4.78 is 21.4. The largest absolute Gasteiger partial charge is 0.234 e. The van der Waals surface area contributed by atoms with Gasteiger partial charge in [-0.2, -0.15) is 0 Å². The summed E-state index contributed by atoms with van der Waals surface area (Å²) in [6.45, 7) is 1.58. The van der Waals surface area contributed by atoms with Crippen molar-refractivity contribution in [1.29, 1.82) is 0 Å². The summed E-state index contributed by atoms with van der Waals surface area (Å²) in [5.41, 5.74) is 0. The molecule has 58 valence electrons. The molecular weight excluding hydrogens is 154 g/mol. The molecule has 0 amide bonds. The molecule has 0 saturated heterocycles. The highest BCUT2D eigenvalue weighted by atomic mass is 32.2. The number of aliphatic imine (C=N–C) groups is 1. The first-order chi connectivity index (χ1) is 4.62. The van der Waals surface area contributed by atoms with Gasteiger partial charge in [0.15, 0.2) is 9.84 Å². The molecule has 0 atom stereocenters. The average Bonchev–Trinajstić information content (AvgIpc) is 1.89. The normalized spacial score (nSPS) is 10.5. The van der Waals surface area contributed by atoms with Gasteiger partial charge in [-0.15, -0.1) is 0 Å². The Bertz CT molecular complexity index is 225. The van der Waals surface area contributed by atoms with Crippen LogP contribution in [0, 0.1) is 0 Å². The second kappa shape index (κ2) is 4.19. The predicted octanol–water partition coefficient (Wildman–Crippen LogP) is -0.243. The van der Waals surface area contributed by atoms with Crippen molar-refractivity contribution in [2.24, 2.45) is 4.99 Å². The zero-order valence-corrected chi connectivity index (χ0v) is 6.52. The van der Waals surface area contributed by atoms with Crippen molar-refractivity contribution in [1.82, 2.24) is 0 Å². The monoisotopic (exact) mass is 163 g/mol. The Morgan fingerprint density at radius 3 is 2.50 bits per heavy atom. The van der Waals surface area contributed by atoms with Crippen LogP contribution in [-0.4, -0.2) is 32.5 Å². The van der Waals surface area contributed by atoms with E-state index in [1.165, 1.54) is 6.08 Å². The van der Waals surface area contributed by atoms with E-state index in [1.807, 2.05) is 0 Å². The number of sulfone groups is 1. The van der Waals surface area contributed by atoms with Crippen molar-refractivity contribution in [3.63, 3.8) is 0 Å². The minimum Gasteiger partial charge on any atom is -0.229 e. The molecule has 0 spiro atoms. The Hall–Kier alpha value is -0.670. The highest BCUT2D eigenvalue weighted by molar-refractivity contribution is 7.91. The molecule has 0 N–H and O–H groups in total. The molecule has 5 heteroatoms. The number of isocyanates is 1. The van der Waals surface area contributed by atoms with Crippen molar-refractivity contribution in [2.75, 3.05) is 18.1 Å². The minimum atomic E-state index is -2.96. The van der Waals surface area contributed by atoms with E-state index in [-0.39, 0.29) is 18.1 Å². The quantitative estimate of drug-likeness (QED) is 0.424. The van der Waals surface area contributed by atoms with Crippen LogP contribution in [0.1, 0.15) is 6.92 Å². The van der Waals surface area contributed by atoms with Crippen molar-refractivity contribution < 1.29 is 13.2 Å². The van der Waals surface area contributed by atoms with Gasteiger partial charge in [0.2, 0.25) is 6.08 Å². The fraction of sp³-hybridized carbons (Fsp3) is 0.800. The lowest BCUT2D eigenvalue weighted by Crippen LogP contribution is -2.10. The summed E-state index contributed by atoms with van der Waals surface area (Å²) in [6, 6.07) is 0. The number of nitrogens with zero attached hydrogens (tertiary/aromatic N) is 1. The first kappa shape index (κ1) is 9.33. The van der Waals surface area contributed by atoms with Gasteiger partial charge in [-0.3, -0.25) is 0 Å². The van der Waals surface area contributed by atoms with Crippen LogP contribution in [0.5, 0.6) is 0 Å². The molecule has 0 aromatic heterocycles. The van der Waals surface area contributed by atoms with Gasteiger partial charge >= 0.3 is 0 Å². The molecule has 10 heavy (non-hydrogen) atoms. The van der Waals surface area contributed by atoms with Crippen LogP contribution in [-0.2, 0) is 14.6 Å². The fourth-order valence-electron chi connectivity index (χ4n) is 0.375. The lowest BCUT2D eigenvalue weighted by molar-refractivity contribution is 0.563. The van der Waals surface area contributed by atoms with Gasteiger partial charge < -0.3 is 0 Å². The Labute approximate surface area is 59.9 Å². The van der Waals surface area contributed by atoms with E-state index in [1.54, 1.807) is 6.92 Å². The zero-order chi connectivity index (χ0) is 8.04. The smallest absolute Gasteiger partial charge is 0.229 e. The molecule has 0 aliphatic rings. The summed E-state index contributed by atoms with van der Waals surface area (Å²) in [5, 5.41) is 0. The Balaban J connectivity index is 3.80. The van der Waals surface area contributed by atoms with Gasteiger partial charge in [0.1, 0.15) is 0 Å². The van der Waals surface area contributed by atoms with Crippen LogP contribution >= 0.6 is 0 Å². The second-order valence-electron chi connectivity index (χ2n) is 1.71. The standard InChI is InChI=1S/C5H9NO3S/c1-2-10(8,9)4-3-6-5-7/h2-4H2,1H3. The second-order valence-corrected chi connectivity index (χ2v) is 4.18. The van der Waals surface area contributed by atoms with Crippen molar-refractivity contribution >= 4 is 15.9 Å². The molecule has 0 heterocycles. The molecule has 0 fully saturated rings. The predicted molar refractivity (Wildman–Crippen MR) is 37.3 cm³/mol. The van der Waals surface area contributed by atoms with Crippen molar-refractivity contribution in [3.05, 3.63) is 0 Å². The average molecular weight is 163 g/mol. The number of rotatable bonds is 4. The van der Waals surface area contributed by atoms with E-state index >= 15 is 0 Å². The maximum Gasteiger partial charge on any atom is 0.234 e. The van der Waals surface area contributed by atoms with Gasteiger partial charge in [-0.25, -0.2) is 18.2 Å². The van der Waals surface area contributed by atoms with E-state index < -0.39 is 9.84 Å². The first-order valence-electron chi connectivity index (χ1n) is 2.86. The molecular formula is C5H9NO3S. The third-order valence-corrected chi connectivity index (χ3v) is 2.70. The van der Waals surface area contributed by atoms with Crippen LogP contribution < -0.4 is 0 Å². The van der Waals surface area contributed by atoms with E-state index in [0.717, 1.165) is 0 Å². The van der Waals surface area contributed by atoms with E-state index in [2.05, 4.69) is 4.99 Å². The van der Waals surface area contributed by atoms with Gasteiger partial charge in [0.25, 0.3) is 0 Å². The summed E-state index contributed by atoms with van der Waals surface area (Å²) in [4.78, 5) is 12.6. The Morgan fingerprint density at radius 1 is 1.50 bits per heavy atom. The Morgan fingerprint density at radius 2 is 2.10 bits per heavy atom. The molecule has 0 aliphatic carbocycles. The van der Waals surface area contributed by atoms with Crippen molar-refractivity contribution in [2.45, 2.75) is 6.92 Å². The number of hydrogen-bond acceptors (Lipinski definition) is 4. The lowest BCUT2D eigenvalue weighted by Gasteiger charge is -1.93. The molecule has 0 rings (SSSR count). The molecule has 0 unspecified atom stereocenters. The fourth-order valence-corrected chi connectivity index (χ4v) is 1.03. The van der Waals surface area contributed by atoms with Crippen LogP contribution in [0.3, 0.4) is 0 Å². The molecule has 0 bridgehead atoms. The van der Waals surface area contributed by atoms with Gasteiger partial charge in [0, 0.05) is 5.75 Å². The molecule has 0 aromatic rings. The van der Waals surface area contributed by atoms with E-state index in [0.29, 0.717) is 0 Å². The highest BCUT2D eigenvalue weighted by Gasteiger charge is 2.04. The first-order valence-corrected chi connectivity index (χ1v) is 4.68. The maximum absolute atomic E-state index is 10.7. The third kappa shape index (κ3) is 4.23. The Kier molecular flexibility index (Phi) is 3.91. The van der Waals surface area contributed by atoms with E-state index in [9.17, 15) is 13.2 Å². The SMILES string of the molecule is CCS(=O)(=O)CCN=C=O. The maximum atomic E-state index is 10.7. The topological polar surface area (TPSA) is 63.6 Å². The van der Waals surface area contributed by atoms with Gasteiger partial charge in [0.05, 0.1) is 12.3 Å². The molecule has 4 nitrogen and oxygen atoms in total. The molecule has 0 aromatic carbocycles. The lowest BCUT2D eigenvalue weighted by atomic mass is 10.8. The van der Waals surface area contributed by atoms with E-state index in [4.69, 9.17) is 0 Å². The van der Waals surface area contributed by atoms with Crippen LogP contribution in [0.2, 0.25) is 0 Å².